The van der Waals surface area contributed by atoms with Crippen molar-refractivity contribution in [2.24, 2.45) is 11.1 Å². The molecule has 0 radical (unpaired) electrons. The van der Waals surface area contributed by atoms with E-state index in [0.717, 1.165) is 24.2 Å². The van der Waals surface area contributed by atoms with Crippen LogP contribution in [0.4, 0.5) is 0 Å². The number of methoxy groups -OCH3 is 1. The van der Waals surface area contributed by atoms with E-state index in [2.05, 4.69) is 13.8 Å². The van der Waals surface area contributed by atoms with Crippen LogP contribution in [0.15, 0.2) is 29.2 Å². The van der Waals surface area contributed by atoms with Crippen molar-refractivity contribution in [2.45, 2.75) is 49.3 Å². The number of rotatable bonds is 3. The van der Waals surface area contributed by atoms with Gasteiger partial charge in [0.2, 0.25) is 0 Å². The van der Waals surface area contributed by atoms with Crippen LogP contribution in [-0.4, -0.2) is 22.6 Å². The molecule has 0 spiro atoms. The first kappa shape index (κ1) is 14.5. The first-order valence-corrected chi connectivity index (χ1v) is 7.98. The van der Waals surface area contributed by atoms with E-state index in [-0.39, 0.29) is 16.7 Å². The normalized spacial score (nSPS) is 27.8. The minimum atomic E-state index is -1.11. The highest BCUT2D eigenvalue weighted by Crippen LogP contribution is 2.38. The van der Waals surface area contributed by atoms with Crippen LogP contribution in [0.1, 0.15) is 33.1 Å². The van der Waals surface area contributed by atoms with Crippen LogP contribution in [0.25, 0.3) is 0 Å². The minimum Gasteiger partial charge on any atom is -0.495 e. The molecule has 1 saturated carbocycles. The van der Waals surface area contributed by atoms with Gasteiger partial charge in [0.05, 0.1) is 28.1 Å². The zero-order chi connectivity index (χ0) is 14.0. The van der Waals surface area contributed by atoms with Gasteiger partial charge in [-0.25, -0.2) is 0 Å². The second kappa shape index (κ2) is 5.63. The van der Waals surface area contributed by atoms with Gasteiger partial charge in [-0.15, -0.1) is 0 Å². The van der Waals surface area contributed by atoms with E-state index in [4.69, 9.17) is 10.5 Å². The fourth-order valence-corrected chi connectivity index (χ4v) is 4.70. The highest BCUT2D eigenvalue weighted by atomic mass is 32.2. The van der Waals surface area contributed by atoms with Gasteiger partial charge in [-0.05, 0) is 30.4 Å². The quantitative estimate of drug-likeness (QED) is 0.927. The molecule has 1 aromatic carbocycles. The maximum absolute atomic E-state index is 12.8. The smallest absolute Gasteiger partial charge is 0.134 e. The maximum atomic E-state index is 12.8. The molecule has 0 aromatic heterocycles. The van der Waals surface area contributed by atoms with Crippen LogP contribution < -0.4 is 10.5 Å². The highest BCUT2D eigenvalue weighted by molar-refractivity contribution is 7.85. The van der Waals surface area contributed by atoms with Gasteiger partial charge in [-0.2, -0.15) is 0 Å². The molecule has 0 bridgehead atoms. The zero-order valence-corrected chi connectivity index (χ0v) is 12.7. The molecule has 2 rings (SSSR count). The first-order chi connectivity index (χ1) is 8.97. The van der Waals surface area contributed by atoms with Gasteiger partial charge in [-0.1, -0.05) is 32.4 Å². The van der Waals surface area contributed by atoms with Gasteiger partial charge >= 0.3 is 0 Å². The average Bonchev–Trinajstić information content (AvgIpc) is 2.41. The van der Waals surface area contributed by atoms with Crippen LogP contribution in [0.2, 0.25) is 0 Å². The molecular formula is C15H23NO2S. The van der Waals surface area contributed by atoms with E-state index in [1.807, 2.05) is 24.3 Å². The maximum Gasteiger partial charge on any atom is 0.134 e. The monoisotopic (exact) mass is 281 g/mol. The molecule has 106 valence electrons. The van der Waals surface area contributed by atoms with Crippen LogP contribution >= 0.6 is 0 Å². The summed E-state index contributed by atoms with van der Waals surface area (Å²) in [5, 5.41) is 0.0139. The molecule has 1 aromatic rings. The Morgan fingerprint density at radius 3 is 2.74 bits per heavy atom. The number of hydrogen-bond acceptors (Lipinski definition) is 3. The summed E-state index contributed by atoms with van der Waals surface area (Å²) in [7, 11) is 0.504. The van der Waals surface area contributed by atoms with Crippen LogP contribution in [0, 0.1) is 5.41 Å². The Balaban J connectivity index is 2.28. The van der Waals surface area contributed by atoms with E-state index in [0.29, 0.717) is 5.75 Å². The van der Waals surface area contributed by atoms with E-state index >= 15 is 0 Å². The number of para-hydroxylation sites is 1. The van der Waals surface area contributed by atoms with E-state index in [1.165, 1.54) is 0 Å². The lowest BCUT2D eigenvalue weighted by atomic mass is 9.73. The molecule has 3 unspecified atom stereocenters. The number of nitrogens with two attached hydrogens (primary N) is 1. The average molecular weight is 281 g/mol. The molecule has 0 amide bonds. The summed E-state index contributed by atoms with van der Waals surface area (Å²) in [6, 6.07) is 7.49. The zero-order valence-electron chi connectivity index (χ0n) is 11.9. The Labute approximate surface area is 118 Å². The fourth-order valence-electron chi connectivity index (χ4n) is 2.80. The summed E-state index contributed by atoms with van der Waals surface area (Å²) in [5.74, 6) is 0.691. The molecule has 2 N–H and O–H groups in total. The summed E-state index contributed by atoms with van der Waals surface area (Å²) in [6.45, 7) is 4.34. The molecule has 0 heterocycles. The lowest BCUT2D eigenvalue weighted by Crippen LogP contribution is -2.51. The number of benzene rings is 1. The summed E-state index contributed by atoms with van der Waals surface area (Å²) in [6.07, 6.45) is 3.12. The molecular weight excluding hydrogens is 258 g/mol. The number of hydrogen-bond donors (Lipinski definition) is 1. The van der Waals surface area contributed by atoms with E-state index in [9.17, 15) is 4.21 Å². The molecule has 3 nitrogen and oxygen atoms in total. The molecule has 3 atom stereocenters. The lowest BCUT2D eigenvalue weighted by Gasteiger charge is -2.41. The van der Waals surface area contributed by atoms with Crippen molar-refractivity contribution in [2.75, 3.05) is 7.11 Å². The van der Waals surface area contributed by atoms with E-state index in [1.54, 1.807) is 7.11 Å². The van der Waals surface area contributed by atoms with Crippen molar-refractivity contribution in [1.29, 1.82) is 0 Å². The van der Waals surface area contributed by atoms with E-state index < -0.39 is 10.8 Å². The second-order valence-electron chi connectivity index (χ2n) is 5.89. The second-order valence-corrected chi connectivity index (χ2v) is 7.53. The van der Waals surface area contributed by atoms with Gasteiger partial charge < -0.3 is 10.5 Å². The SMILES string of the molecule is COc1ccccc1S(=O)C1CCCC(C)(C)C1N. The van der Waals surface area contributed by atoms with Crippen LogP contribution in [0.5, 0.6) is 5.75 Å². The molecule has 19 heavy (non-hydrogen) atoms. The Morgan fingerprint density at radius 2 is 2.05 bits per heavy atom. The highest BCUT2D eigenvalue weighted by Gasteiger charge is 2.40. The van der Waals surface area contributed by atoms with Crippen molar-refractivity contribution in [1.82, 2.24) is 0 Å². The van der Waals surface area contributed by atoms with Gasteiger partial charge in [0.1, 0.15) is 5.75 Å². The molecule has 1 fully saturated rings. The Kier molecular flexibility index (Phi) is 4.31. The van der Waals surface area contributed by atoms with Crippen LogP contribution in [-0.2, 0) is 10.8 Å². The Morgan fingerprint density at radius 1 is 1.37 bits per heavy atom. The topological polar surface area (TPSA) is 52.3 Å². The third-order valence-corrected chi connectivity index (χ3v) is 6.02. The van der Waals surface area contributed by atoms with Gasteiger partial charge in [0.25, 0.3) is 0 Å². The molecule has 1 aliphatic rings. The Bertz CT molecular complexity index is 473. The van der Waals surface area contributed by atoms with Gasteiger partial charge in [0.15, 0.2) is 0 Å². The van der Waals surface area contributed by atoms with Gasteiger partial charge in [0, 0.05) is 6.04 Å². The predicted octanol–water partition coefficient (Wildman–Crippen LogP) is 2.71. The van der Waals surface area contributed by atoms with Crippen molar-refractivity contribution in [3.8, 4) is 5.75 Å². The summed E-state index contributed by atoms with van der Waals surface area (Å²) < 4.78 is 18.1. The third-order valence-electron chi connectivity index (χ3n) is 4.17. The fraction of sp³-hybridized carbons (Fsp3) is 0.600. The van der Waals surface area contributed by atoms with Crippen molar-refractivity contribution < 1.29 is 8.95 Å². The third kappa shape index (κ3) is 2.84. The summed E-state index contributed by atoms with van der Waals surface area (Å²) in [4.78, 5) is 0.767. The van der Waals surface area contributed by atoms with Crippen molar-refractivity contribution in [3.05, 3.63) is 24.3 Å². The molecule has 4 heteroatoms. The summed E-state index contributed by atoms with van der Waals surface area (Å²) >= 11 is 0. The predicted molar refractivity (Wildman–Crippen MR) is 78.8 cm³/mol. The molecule has 1 aliphatic carbocycles. The number of ether oxygens (including phenoxy) is 1. The lowest BCUT2D eigenvalue weighted by molar-refractivity contribution is 0.206. The van der Waals surface area contributed by atoms with Gasteiger partial charge in [-0.3, -0.25) is 4.21 Å². The van der Waals surface area contributed by atoms with Crippen molar-refractivity contribution in [3.63, 3.8) is 0 Å². The molecule has 0 saturated heterocycles. The largest absolute Gasteiger partial charge is 0.495 e. The minimum absolute atomic E-state index is 0.0139. The Hall–Kier alpha value is -0.870. The molecule has 0 aliphatic heterocycles. The van der Waals surface area contributed by atoms with Crippen LogP contribution in [0.3, 0.4) is 0 Å². The first-order valence-electron chi connectivity index (χ1n) is 6.76. The standard InChI is InChI=1S/C15H23NO2S/c1-15(2)10-6-9-13(14(15)16)19(17)12-8-5-4-7-11(12)18-3/h4-5,7-8,13-14H,6,9-10,16H2,1-3H3. The summed E-state index contributed by atoms with van der Waals surface area (Å²) in [5.41, 5.74) is 6.41. The van der Waals surface area contributed by atoms with Crippen molar-refractivity contribution >= 4 is 10.8 Å².